The van der Waals surface area contributed by atoms with E-state index >= 15 is 0 Å². The van der Waals surface area contributed by atoms with Crippen LogP contribution < -0.4 is 0 Å². The van der Waals surface area contributed by atoms with Gasteiger partial charge in [0.15, 0.2) is 0 Å². The second-order valence-corrected chi connectivity index (χ2v) is 8.70. The summed E-state index contributed by atoms with van der Waals surface area (Å²) in [6.45, 7) is 7.80. The molecule has 108 valence electrons. The molecule has 0 heterocycles. The van der Waals surface area contributed by atoms with Gasteiger partial charge in [0.2, 0.25) is 0 Å². The highest BCUT2D eigenvalue weighted by Gasteiger charge is 2.72. The Morgan fingerprint density at radius 3 is 2.53 bits per heavy atom. The fourth-order valence-electron chi connectivity index (χ4n) is 8.00. The molecule has 0 nitrogen and oxygen atoms in total. The quantitative estimate of drug-likeness (QED) is 0.570. The largest absolute Gasteiger partial charge is 0.0651 e. The summed E-state index contributed by atoms with van der Waals surface area (Å²) in [4.78, 5) is 0. The van der Waals surface area contributed by atoms with Crippen LogP contribution in [0, 0.1) is 40.4 Å². The zero-order valence-corrected chi connectivity index (χ0v) is 13.3. The number of hydrogen-bond donors (Lipinski definition) is 0. The van der Waals surface area contributed by atoms with E-state index in [0.717, 1.165) is 40.4 Å². The van der Waals surface area contributed by atoms with Crippen LogP contribution in [0.15, 0.2) is 0 Å². The Balaban J connectivity index is 1.78. The standard InChI is InChI=1S/C19H32/c1-4-14-6-5-7-15-10-11-17-13(2)8-9-16-12-19(14,15)18(16,17)3/h13-17H,4-12H2,1-3H3/t13?,14-,15?,16?,17?,18-,19?/m1/s1. The molecule has 0 radical (unpaired) electrons. The molecule has 0 aliphatic heterocycles. The molecule has 0 aromatic rings. The van der Waals surface area contributed by atoms with E-state index in [2.05, 4.69) is 20.8 Å². The highest BCUT2D eigenvalue weighted by molar-refractivity contribution is 5.21. The van der Waals surface area contributed by atoms with E-state index in [1.54, 1.807) is 38.5 Å². The smallest absolute Gasteiger partial charge is 0.0179 e. The molecule has 4 aliphatic carbocycles. The van der Waals surface area contributed by atoms with Crippen molar-refractivity contribution < 1.29 is 0 Å². The fraction of sp³-hybridized carbons (Fsp3) is 1.00. The minimum atomic E-state index is 0.745. The average molecular weight is 260 g/mol. The molecular weight excluding hydrogens is 228 g/mol. The number of rotatable bonds is 1. The molecule has 0 aromatic carbocycles. The minimum absolute atomic E-state index is 0.745. The highest BCUT2D eigenvalue weighted by atomic mass is 14.8. The maximum Gasteiger partial charge on any atom is -0.0179 e. The molecular formula is C19H32. The van der Waals surface area contributed by atoms with E-state index in [1.807, 2.05) is 0 Å². The van der Waals surface area contributed by atoms with Gasteiger partial charge in [-0.1, -0.05) is 40.0 Å². The van der Waals surface area contributed by atoms with Gasteiger partial charge in [0, 0.05) is 0 Å². The van der Waals surface area contributed by atoms with E-state index in [0.29, 0.717) is 0 Å². The van der Waals surface area contributed by atoms with Gasteiger partial charge in [0.1, 0.15) is 0 Å². The maximum atomic E-state index is 2.75. The van der Waals surface area contributed by atoms with Crippen LogP contribution >= 0.6 is 0 Å². The first-order chi connectivity index (χ1) is 9.14. The SMILES string of the molecule is CC[C@@H]1CCCC2CCC3C(C)CCC4CC21[C@]43C. The third-order valence-corrected chi connectivity index (χ3v) is 8.74. The summed E-state index contributed by atoms with van der Waals surface area (Å²) in [5, 5.41) is 0. The average Bonchev–Trinajstić information content (AvgIpc) is 2.42. The third kappa shape index (κ3) is 1.28. The van der Waals surface area contributed by atoms with Gasteiger partial charge >= 0.3 is 0 Å². The molecule has 0 heteroatoms. The van der Waals surface area contributed by atoms with Crippen molar-refractivity contribution in [2.75, 3.05) is 0 Å². The first kappa shape index (κ1) is 12.7. The molecule has 0 N–H and O–H groups in total. The zero-order valence-electron chi connectivity index (χ0n) is 13.3. The van der Waals surface area contributed by atoms with Gasteiger partial charge in [-0.25, -0.2) is 0 Å². The molecule has 19 heavy (non-hydrogen) atoms. The molecule has 7 atom stereocenters. The lowest BCUT2D eigenvalue weighted by molar-refractivity contribution is -0.294. The second kappa shape index (κ2) is 4.01. The van der Waals surface area contributed by atoms with Crippen molar-refractivity contribution in [1.82, 2.24) is 0 Å². The fourth-order valence-corrected chi connectivity index (χ4v) is 8.00. The van der Waals surface area contributed by atoms with Crippen LogP contribution in [0.5, 0.6) is 0 Å². The Kier molecular flexibility index (Phi) is 2.69. The van der Waals surface area contributed by atoms with Gasteiger partial charge in [0.05, 0.1) is 0 Å². The van der Waals surface area contributed by atoms with Crippen molar-refractivity contribution in [3.63, 3.8) is 0 Å². The summed E-state index contributed by atoms with van der Waals surface area (Å²) in [5.74, 6) is 5.36. The first-order valence-electron chi connectivity index (χ1n) is 9.14. The van der Waals surface area contributed by atoms with Gasteiger partial charge < -0.3 is 0 Å². The van der Waals surface area contributed by atoms with Crippen molar-refractivity contribution in [1.29, 1.82) is 0 Å². The highest BCUT2D eigenvalue weighted by Crippen LogP contribution is 2.80. The Labute approximate surface area is 119 Å². The molecule has 0 saturated heterocycles. The number of hydrogen-bond acceptors (Lipinski definition) is 0. The van der Waals surface area contributed by atoms with Crippen molar-refractivity contribution >= 4 is 0 Å². The molecule has 0 aromatic heterocycles. The van der Waals surface area contributed by atoms with Gasteiger partial charge in [-0.3, -0.25) is 0 Å². The predicted octanol–water partition coefficient (Wildman–Crippen LogP) is 5.67. The summed E-state index contributed by atoms with van der Waals surface area (Å²) in [7, 11) is 0. The Hall–Kier alpha value is 0. The summed E-state index contributed by atoms with van der Waals surface area (Å²) < 4.78 is 0. The van der Waals surface area contributed by atoms with Crippen molar-refractivity contribution in [3.8, 4) is 0 Å². The second-order valence-electron chi connectivity index (χ2n) is 8.70. The van der Waals surface area contributed by atoms with Crippen molar-refractivity contribution in [3.05, 3.63) is 0 Å². The van der Waals surface area contributed by atoms with E-state index in [1.165, 1.54) is 19.3 Å². The molecule has 4 rings (SSSR count). The third-order valence-electron chi connectivity index (χ3n) is 8.74. The normalized spacial score (nSPS) is 59.8. The lowest BCUT2D eigenvalue weighted by Gasteiger charge is -2.78. The van der Waals surface area contributed by atoms with Crippen LogP contribution in [-0.2, 0) is 0 Å². The van der Waals surface area contributed by atoms with E-state index in [4.69, 9.17) is 0 Å². The summed E-state index contributed by atoms with van der Waals surface area (Å²) >= 11 is 0. The Morgan fingerprint density at radius 1 is 0.947 bits per heavy atom. The van der Waals surface area contributed by atoms with Crippen molar-refractivity contribution in [2.45, 2.75) is 78.6 Å². The lowest BCUT2D eigenvalue weighted by atomic mass is 9.27. The minimum Gasteiger partial charge on any atom is -0.0651 e. The molecule has 4 saturated carbocycles. The monoisotopic (exact) mass is 260 g/mol. The van der Waals surface area contributed by atoms with Gasteiger partial charge in [0.25, 0.3) is 0 Å². The maximum absolute atomic E-state index is 2.75. The van der Waals surface area contributed by atoms with E-state index in [9.17, 15) is 0 Å². The van der Waals surface area contributed by atoms with Gasteiger partial charge in [-0.15, -0.1) is 0 Å². The lowest BCUT2D eigenvalue weighted by Crippen LogP contribution is -2.71. The van der Waals surface area contributed by atoms with Gasteiger partial charge in [-0.2, -0.15) is 0 Å². The van der Waals surface area contributed by atoms with E-state index < -0.39 is 0 Å². The first-order valence-corrected chi connectivity index (χ1v) is 9.14. The van der Waals surface area contributed by atoms with Gasteiger partial charge in [-0.05, 0) is 78.9 Å². The molecule has 0 bridgehead atoms. The molecule has 0 amide bonds. The van der Waals surface area contributed by atoms with Crippen LogP contribution in [-0.4, -0.2) is 0 Å². The Morgan fingerprint density at radius 2 is 1.74 bits per heavy atom. The molecule has 4 aliphatic rings. The van der Waals surface area contributed by atoms with Crippen LogP contribution in [0.3, 0.4) is 0 Å². The topological polar surface area (TPSA) is 0 Å². The Bertz CT molecular complexity index is 364. The van der Waals surface area contributed by atoms with E-state index in [-0.39, 0.29) is 0 Å². The predicted molar refractivity (Wildman–Crippen MR) is 80.9 cm³/mol. The van der Waals surface area contributed by atoms with Crippen LogP contribution in [0.2, 0.25) is 0 Å². The van der Waals surface area contributed by atoms with Crippen LogP contribution in [0.1, 0.15) is 78.6 Å². The molecule has 5 unspecified atom stereocenters. The van der Waals surface area contributed by atoms with Crippen molar-refractivity contribution in [2.24, 2.45) is 40.4 Å². The zero-order chi connectivity index (χ0) is 13.3. The molecule has 1 spiro atoms. The summed E-state index contributed by atoms with van der Waals surface area (Å²) in [5.41, 5.74) is 1.54. The molecule has 4 fully saturated rings. The van der Waals surface area contributed by atoms with Crippen LogP contribution in [0.25, 0.3) is 0 Å². The summed E-state index contributed by atoms with van der Waals surface area (Å²) in [6.07, 6.45) is 14.0. The summed E-state index contributed by atoms with van der Waals surface area (Å²) in [6, 6.07) is 0. The van der Waals surface area contributed by atoms with Crippen LogP contribution in [0.4, 0.5) is 0 Å².